The first-order valence-electron chi connectivity index (χ1n) is 6.52. The molecule has 2 aromatic heterocycles. The van der Waals surface area contributed by atoms with Crippen molar-refractivity contribution < 1.29 is 18.5 Å². The summed E-state index contributed by atoms with van der Waals surface area (Å²) < 4.78 is 15.9. The van der Waals surface area contributed by atoms with E-state index in [4.69, 9.17) is 25.3 Å². The third kappa shape index (κ3) is 2.79. The molecule has 21 heavy (non-hydrogen) atoms. The number of halogens is 1. The molecule has 0 N–H and O–H groups in total. The molecule has 2 aromatic rings. The van der Waals surface area contributed by atoms with Gasteiger partial charge >= 0.3 is 0 Å². The molecule has 7 nitrogen and oxygen atoms in total. The van der Waals surface area contributed by atoms with Crippen LogP contribution in [-0.4, -0.2) is 40.1 Å². The smallest absolute Gasteiger partial charge is 0.258 e. The number of carbonyl (C=O) groups is 1. The normalized spacial score (nSPS) is 22.5. The molecule has 1 fully saturated rings. The summed E-state index contributed by atoms with van der Waals surface area (Å²) in [6, 6.07) is 1.55. The Bertz CT molecular complexity index is 653. The molecule has 2 atom stereocenters. The van der Waals surface area contributed by atoms with Gasteiger partial charge in [-0.05, 0) is 31.5 Å². The van der Waals surface area contributed by atoms with E-state index in [9.17, 15) is 4.79 Å². The minimum Gasteiger partial charge on any atom is -0.452 e. The van der Waals surface area contributed by atoms with Crippen LogP contribution in [0.3, 0.4) is 0 Å². The Morgan fingerprint density at radius 3 is 2.90 bits per heavy atom. The fourth-order valence-corrected chi connectivity index (χ4v) is 2.51. The Hall–Kier alpha value is -1.86. The zero-order chi connectivity index (χ0) is 15.0. The maximum atomic E-state index is 12.5. The quantitative estimate of drug-likeness (QED) is 0.846. The molecule has 0 aliphatic carbocycles. The fourth-order valence-electron chi connectivity index (χ4n) is 2.31. The Morgan fingerprint density at radius 1 is 1.48 bits per heavy atom. The number of morpholine rings is 1. The van der Waals surface area contributed by atoms with Gasteiger partial charge in [-0.15, -0.1) is 0 Å². The van der Waals surface area contributed by atoms with Gasteiger partial charge in [-0.1, -0.05) is 5.16 Å². The number of aromatic nitrogens is 2. The van der Waals surface area contributed by atoms with Gasteiger partial charge in [0.05, 0.1) is 24.5 Å². The van der Waals surface area contributed by atoms with E-state index in [1.165, 1.54) is 6.26 Å². The van der Waals surface area contributed by atoms with Crippen molar-refractivity contribution in [1.82, 2.24) is 15.0 Å². The lowest BCUT2D eigenvalue weighted by molar-refractivity contribution is -0.0810. The van der Waals surface area contributed by atoms with E-state index in [2.05, 4.69) is 10.1 Å². The van der Waals surface area contributed by atoms with Gasteiger partial charge in [0.15, 0.2) is 11.9 Å². The Morgan fingerprint density at radius 2 is 2.29 bits per heavy atom. The van der Waals surface area contributed by atoms with E-state index in [0.717, 1.165) is 0 Å². The Labute approximate surface area is 125 Å². The molecular formula is C13H14ClN3O4. The Balaban J connectivity index is 1.80. The third-order valence-electron chi connectivity index (χ3n) is 3.21. The first-order chi connectivity index (χ1) is 10.0. The predicted molar refractivity (Wildman–Crippen MR) is 71.9 cm³/mol. The Kier molecular flexibility index (Phi) is 3.69. The van der Waals surface area contributed by atoms with Crippen LogP contribution < -0.4 is 0 Å². The number of furan rings is 1. The first-order valence-corrected chi connectivity index (χ1v) is 6.90. The second-order valence-electron chi connectivity index (χ2n) is 4.93. The van der Waals surface area contributed by atoms with E-state index in [-0.39, 0.29) is 17.2 Å². The molecule has 112 valence electrons. The van der Waals surface area contributed by atoms with Crippen LogP contribution in [0.15, 0.2) is 21.3 Å². The summed E-state index contributed by atoms with van der Waals surface area (Å²) in [5.41, 5.74) is 0.339. The minimum absolute atomic E-state index is 0.0873. The van der Waals surface area contributed by atoms with Crippen molar-refractivity contribution in [3.05, 3.63) is 34.8 Å². The van der Waals surface area contributed by atoms with Gasteiger partial charge in [0, 0.05) is 6.54 Å². The first kappa shape index (κ1) is 14.1. The van der Waals surface area contributed by atoms with Crippen LogP contribution in [-0.2, 0) is 4.74 Å². The van der Waals surface area contributed by atoms with Crippen molar-refractivity contribution >= 4 is 17.5 Å². The molecular weight excluding hydrogens is 298 g/mol. The van der Waals surface area contributed by atoms with Crippen molar-refractivity contribution in [3.63, 3.8) is 0 Å². The van der Waals surface area contributed by atoms with Crippen molar-refractivity contribution in [3.8, 4) is 0 Å². The second kappa shape index (κ2) is 5.50. The minimum atomic E-state index is -0.440. The number of hydrogen-bond donors (Lipinski definition) is 0. The molecule has 8 heteroatoms. The molecule has 1 amide bonds. The highest BCUT2D eigenvalue weighted by Crippen LogP contribution is 2.27. The molecule has 1 saturated heterocycles. The van der Waals surface area contributed by atoms with Crippen LogP contribution in [0.25, 0.3) is 0 Å². The zero-order valence-electron chi connectivity index (χ0n) is 11.6. The lowest BCUT2D eigenvalue weighted by Gasteiger charge is -2.35. The van der Waals surface area contributed by atoms with Crippen LogP contribution in [0.4, 0.5) is 0 Å². The van der Waals surface area contributed by atoms with Gasteiger partial charge in [-0.3, -0.25) is 4.79 Å². The van der Waals surface area contributed by atoms with Gasteiger partial charge < -0.3 is 18.6 Å². The molecule has 0 unspecified atom stereocenters. The zero-order valence-corrected chi connectivity index (χ0v) is 12.3. The van der Waals surface area contributed by atoms with Gasteiger partial charge in [0.2, 0.25) is 5.22 Å². The SMILES string of the molecule is Cc1noc([C@H]2CN(C(=O)c3ccoc3Cl)C[C@@H](C)O2)n1. The van der Waals surface area contributed by atoms with Crippen molar-refractivity contribution in [1.29, 1.82) is 0 Å². The summed E-state index contributed by atoms with van der Waals surface area (Å²) in [7, 11) is 0. The molecule has 1 aliphatic rings. The standard InChI is InChI=1S/C13H14ClN3O4/c1-7-5-17(13(18)9-3-4-19-11(9)14)6-10(20-7)12-15-8(2)16-21-12/h3-4,7,10H,5-6H2,1-2H3/t7-,10-/m1/s1. The number of nitrogens with zero attached hydrogens (tertiary/aromatic N) is 3. The third-order valence-corrected chi connectivity index (χ3v) is 3.51. The maximum absolute atomic E-state index is 12.5. The van der Waals surface area contributed by atoms with Gasteiger partial charge in [0.1, 0.15) is 0 Å². The van der Waals surface area contributed by atoms with E-state index < -0.39 is 6.10 Å². The van der Waals surface area contributed by atoms with Crippen molar-refractivity contribution in [2.45, 2.75) is 26.1 Å². The molecule has 0 aromatic carbocycles. The summed E-state index contributed by atoms with van der Waals surface area (Å²) in [4.78, 5) is 18.3. The number of carbonyl (C=O) groups excluding carboxylic acids is 1. The van der Waals surface area contributed by atoms with Crippen LogP contribution in [0.1, 0.15) is 35.1 Å². The second-order valence-corrected chi connectivity index (χ2v) is 5.28. The van der Waals surface area contributed by atoms with E-state index in [1.54, 1.807) is 17.9 Å². The van der Waals surface area contributed by atoms with Crippen LogP contribution in [0.5, 0.6) is 0 Å². The summed E-state index contributed by atoms with van der Waals surface area (Å²) >= 11 is 5.86. The van der Waals surface area contributed by atoms with Gasteiger partial charge in [-0.25, -0.2) is 0 Å². The molecule has 0 bridgehead atoms. The summed E-state index contributed by atoms with van der Waals surface area (Å²) in [5.74, 6) is 0.697. The fraction of sp³-hybridized carbons (Fsp3) is 0.462. The number of amides is 1. The summed E-state index contributed by atoms with van der Waals surface area (Å²) in [5, 5.41) is 3.83. The predicted octanol–water partition coefficient (Wildman–Crippen LogP) is 2.23. The monoisotopic (exact) mass is 311 g/mol. The van der Waals surface area contributed by atoms with Crippen molar-refractivity contribution in [2.75, 3.05) is 13.1 Å². The van der Waals surface area contributed by atoms with Crippen LogP contribution in [0.2, 0.25) is 5.22 Å². The maximum Gasteiger partial charge on any atom is 0.258 e. The molecule has 0 radical (unpaired) electrons. The topological polar surface area (TPSA) is 81.6 Å². The average Bonchev–Trinajstić information content (AvgIpc) is 3.06. The molecule has 0 spiro atoms. The molecule has 0 saturated carbocycles. The lowest BCUT2D eigenvalue weighted by Crippen LogP contribution is -2.46. The largest absolute Gasteiger partial charge is 0.452 e. The number of hydrogen-bond acceptors (Lipinski definition) is 6. The van der Waals surface area contributed by atoms with Crippen molar-refractivity contribution in [2.24, 2.45) is 0 Å². The number of ether oxygens (including phenoxy) is 1. The number of rotatable bonds is 2. The van der Waals surface area contributed by atoms with Gasteiger partial charge in [0.25, 0.3) is 11.8 Å². The molecule has 3 heterocycles. The average molecular weight is 312 g/mol. The van der Waals surface area contributed by atoms with E-state index in [1.807, 2.05) is 6.92 Å². The van der Waals surface area contributed by atoms with Gasteiger partial charge in [-0.2, -0.15) is 4.98 Å². The van der Waals surface area contributed by atoms with E-state index >= 15 is 0 Å². The van der Waals surface area contributed by atoms with E-state index in [0.29, 0.717) is 30.4 Å². The highest BCUT2D eigenvalue weighted by Gasteiger charge is 2.34. The number of aryl methyl sites for hydroxylation is 1. The van der Waals surface area contributed by atoms with Crippen LogP contribution >= 0.6 is 11.6 Å². The molecule has 1 aliphatic heterocycles. The lowest BCUT2D eigenvalue weighted by atomic mass is 10.2. The molecule has 3 rings (SSSR count). The highest BCUT2D eigenvalue weighted by atomic mass is 35.5. The van der Waals surface area contributed by atoms with Crippen LogP contribution in [0, 0.1) is 6.92 Å². The summed E-state index contributed by atoms with van der Waals surface area (Å²) in [6.45, 7) is 4.40. The summed E-state index contributed by atoms with van der Waals surface area (Å²) in [6.07, 6.45) is 0.799. The highest BCUT2D eigenvalue weighted by molar-refractivity contribution is 6.32.